The van der Waals surface area contributed by atoms with Gasteiger partial charge in [0.1, 0.15) is 38.4 Å². The summed E-state index contributed by atoms with van der Waals surface area (Å²) in [4.78, 5) is 0. The van der Waals surface area contributed by atoms with Crippen LogP contribution in [0.25, 0.3) is 0 Å². The quantitative estimate of drug-likeness (QED) is 0.764. The van der Waals surface area contributed by atoms with Gasteiger partial charge in [-0.15, -0.1) is 0 Å². The molecule has 3 heteroatoms. The summed E-state index contributed by atoms with van der Waals surface area (Å²) in [5.41, 5.74) is 1.22. The molecule has 88 valence electrons. The molecule has 0 aliphatic carbocycles. The van der Waals surface area contributed by atoms with E-state index in [-0.39, 0.29) is 0 Å². The van der Waals surface area contributed by atoms with Crippen LogP contribution in [0.2, 0.25) is 0 Å². The SMILES string of the molecule is C=IOc1ccc(Oc2ccc(C)cc2)cc1. The molecule has 0 aliphatic rings. The fourth-order valence-corrected chi connectivity index (χ4v) is 2.02. The first-order valence-corrected chi connectivity index (χ1v) is 7.58. The Bertz CT molecular complexity index is 489. The highest BCUT2D eigenvalue weighted by Gasteiger charge is 1.97. The lowest BCUT2D eigenvalue weighted by Gasteiger charge is -2.06. The highest BCUT2D eigenvalue weighted by atomic mass is 127. The van der Waals surface area contributed by atoms with E-state index in [9.17, 15) is 0 Å². The summed E-state index contributed by atoms with van der Waals surface area (Å²) in [6.45, 7) is 2.05. The summed E-state index contributed by atoms with van der Waals surface area (Å²) < 4.78 is 14.8. The lowest BCUT2D eigenvalue weighted by atomic mass is 10.2. The largest absolute Gasteiger partial charge is 0.457 e. The maximum atomic E-state index is 5.70. The topological polar surface area (TPSA) is 18.5 Å². The molecule has 2 nitrogen and oxygen atoms in total. The summed E-state index contributed by atoms with van der Waals surface area (Å²) in [7, 11) is 0. The van der Waals surface area contributed by atoms with E-state index >= 15 is 0 Å². The van der Waals surface area contributed by atoms with Gasteiger partial charge in [0, 0.05) is 0 Å². The second-order valence-electron chi connectivity index (χ2n) is 3.57. The van der Waals surface area contributed by atoms with Crippen molar-refractivity contribution in [1.29, 1.82) is 0 Å². The highest BCUT2D eigenvalue weighted by Crippen LogP contribution is 2.25. The third kappa shape index (κ3) is 3.56. The van der Waals surface area contributed by atoms with Gasteiger partial charge in [-0.2, -0.15) is 0 Å². The van der Waals surface area contributed by atoms with Crippen molar-refractivity contribution < 1.29 is 7.80 Å². The summed E-state index contributed by atoms with van der Waals surface area (Å²) >= 11 is -0.425. The minimum Gasteiger partial charge on any atom is -0.457 e. The molecule has 0 bridgehead atoms. The lowest BCUT2D eigenvalue weighted by molar-refractivity contribution is 0.482. The smallest absolute Gasteiger partial charge is 0.132 e. The van der Waals surface area contributed by atoms with Gasteiger partial charge in [-0.05, 0) is 47.8 Å². The number of rotatable bonds is 4. The van der Waals surface area contributed by atoms with E-state index in [1.165, 1.54) is 5.56 Å². The van der Waals surface area contributed by atoms with Gasteiger partial charge in [-0.3, -0.25) is 0 Å². The fourth-order valence-electron chi connectivity index (χ4n) is 1.36. The Morgan fingerprint density at radius 1 is 0.824 bits per heavy atom. The highest BCUT2D eigenvalue weighted by molar-refractivity contribution is 14.2. The van der Waals surface area contributed by atoms with Gasteiger partial charge >= 0.3 is 0 Å². The molecule has 2 rings (SSSR count). The van der Waals surface area contributed by atoms with Crippen LogP contribution in [0.5, 0.6) is 17.2 Å². The zero-order valence-corrected chi connectivity index (χ0v) is 11.7. The predicted molar refractivity (Wildman–Crippen MR) is 79.5 cm³/mol. The molecule has 0 aliphatic heterocycles. The molecule has 0 unspecified atom stereocenters. The van der Waals surface area contributed by atoms with Gasteiger partial charge in [0.05, 0.1) is 0 Å². The summed E-state index contributed by atoms with van der Waals surface area (Å²) in [5, 5.41) is 0. The van der Waals surface area contributed by atoms with Crippen LogP contribution in [0.4, 0.5) is 0 Å². The van der Waals surface area contributed by atoms with Crippen molar-refractivity contribution in [3.63, 3.8) is 0 Å². The average molecular weight is 340 g/mol. The number of hydrogen-bond donors (Lipinski definition) is 0. The van der Waals surface area contributed by atoms with Crippen LogP contribution in [0.15, 0.2) is 48.5 Å². The number of benzene rings is 2. The maximum absolute atomic E-state index is 5.70. The van der Waals surface area contributed by atoms with Crippen LogP contribution >= 0.6 is 21.1 Å². The van der Waals surface area contributed by atoms with Crippen LogP contribution < -0.4 is 7.80 Å². The van der Waals surface area contributed by atoms with Crippen LogP contribution in [-0.2, 0) is 0 Å². The van der Waals surface area contributed by atoms with Gasteiger partial charge < -0.3 is 7.80 Å². The first-order valence-electron chi connectivity index (χ1n) is 5.18. The third-order valence-corrected chi connectivity index (χ3v) is 3.04. The second kappa shape index (κ2) is 5.82. The molecular formula is C14H13IO2. The molecule has 0 heterocycles. The van der Waals surface area contributed by atoms with Crippen molar-refractivity contribution in [3.8, 4) is 17.2 Å². The molecule has 0 atom stereocenters. The van der Waals surface area contributed by atoms with E-state index in [0.717, 1.165) is 17.2 Å². The Morgan fingerprint density at radius 3 is 1.82 bits per heavy atom. The second-order valence-corrected chi connectivity index (χ2v) is 4.64. The maximum Gasteiger partial charge on any atom is 0.132 e. The molecule has 0 amide bonds. The zero-order valence-electron chi connectivity index (χ0n) is 9.52. The van der Waals surface area contributed by atoms with E-state index < -0.39 is 21.1 Å². The molecule has 2 aromatic rings. The van der Waals surface area contributed by atoms with Crippen LogP contribution in [0, 0.1) is 6.92 Å². The van der Waals surface area contributed by atoms with E-state index in [2.05, 4.69) is 11.4 Å². The fraction of sp³-hybridized carbons (Fsp3) is 0.0714. The first kappa shape index (κ1) is 12.1. The van der Waals surface area contributed by atoms with Crippen molar-refractivity contribution in [1.82, 2.24) is 0 Å². The van der Waals surface area contributed by atoms with Gasteiger partial charge in [0.2, 0.25) is 0 Å². The van der Waals surface area contributed by atoms with Crippen molar-refractivity contribution >= 4 is 25.7 Å². The molecular weight excluding hydrogens is 327 g/mol. The Labute approximate surface area is 111 Å². The third-order valence-electron chi connectivity index (χ3n) is 2.22. The predicted octanol–water partition coefficient (Wildman–Crippen LogP) is 4.48. The van der Waals surface area contributed by atoms with Crippen molar-refractivity contribution in [2.24, 2.45) is 0 Å². The van der Waals surface area contributed by atoms with Gasteiger partial charge in [-0.1, -0.05) is 17.7 Å². The van der Waals surface area contributed by atoms with Crippen molar-refractivity contribution in [2.45, 2.75) is 6.92 Å². The number of ether oxygens (including phenoxy) is 1. The Kier molecular flexibility index (Phi) is 4.14. The van der Waals surface area contributed by atoms with E-state index in [4.69, 9.17) is 7.80 Å². The zero-order chi connectivity index (χ0) is 12.1. The van der Waals surface area contributed by atoms with E-state index in [1.54, 1.807) is 0 Å². The molecule has 17 heavy (non-hydrogen) atoms. The molecule has 0 spiro atoms. The monoisotopic (exact) mass is 340 g/mol. The molecule has 2 aromatic carbocycles. The molecule has 0 aromatic heterocycles. The summed E-state index contributed by atoms with van der Waals surface area (Å²) in [6, 6.07) is 15.6. The van der Waals surface area contributed by atoms with Gasteiger partial charge in [-0.25, -0.2) is 0 Å². The first-order chi connectivity index (χ1) is 8.28. The van der Waals surface area contributed by atoms with E-state index in [0.29, 0.717) is 0 Å². The molecule has 0 fully saturated rings. The Balaban J connectivity index is 2.08. The molecule has 0 saturated heterocycles. The van der Waals surface area contributed by atoms with Crippen LogP contribution in [-0.4, -0.2) is 4.51 Å². The van der Waals surface area contributed by atoms with Crippen LogP contribution in [0.3, 0.4) is 0 Å². The van der Waals surface area contributed by atoms with Crippen molar-refractivity contribution in [2.75, 3.05) is 0 Å². The summed E-state index contributed by atoms with van der Waals surface area (Å²) in [5.74, 6) is 2.50. The Hall–Kier alpha value is -1.36. The minimum absolute atomic E-state index is 0.425. The molecule has 0 saturated carbocycles. The number of aryl methyl sites for hydroxylation is 1. The van der Waals surface area contributed by atoms with Crippen LogP contribution in [0.1, 0.15) is 5.56 Å². The van der Waals surface area contributed by atoms with Gasteiger partial charge in [0.15, 0.2) is 0 Å². The standard InChI is InChI=1S/C14H13IO2/c1-11-3-5-12(6-4-11)16-13-7-9-14(10-8-13)17-15-2/h3-10H,2H2,1H3. The van der Waals surface area contributed by atoms with E-state index in [1.807, 2.05) is 48.5 Å². The minimum atomic E-state index is -0.425. The number of hydrogen-bond acceptors (Lipinski definition) is 2. The summed E-state index contributed by atoms with van der Waals surface area (Å²) in [6.07, 6.45) is 0. The number of halogens is 1. The van der Waals surface area contributed by atoms with Crippen molar-refractivity contribution in [3.05, 3.63) is 54.1 Å². The lowest BCUT2D eigenvalue weighted by Crippen LogP contribution is -1.84. The Morgan fingerprint density at radius 2 is 1.29 bits per heavy atom. The molecule has 0 radical (unpaired) electrons. The normalized spacial score (nSPS) is 9.94. The van der Waals surface area contributed by atoms with Gasteiger partial charge in [0.25, 0.3) is 0 Å². The average Bonchev–Trinajstić information content (AvgIpc) is 2.35. The molecule has 0 N–H and O–H groups in total.